The second-order valence-electron chi connectivity index (χ2n) is 10.9. The van der Waals surface area contributed by atoms with Crippen LogP contribution in [-0.4, -0.2) is 49.8 Å². The molecular weight excluding hydrogens is 518 g/mol. The van der Waals surface area contributed by atoms with Crippen molar-refractivity contribution in [2.75, 3.05) is 6.61 Å². The molecule has 4 aliphatic carbocycles. The van der Waals surface area contributed by atoms with E-state index in [1.165, 1.54) is 13.0 Å². The van der Waals surface area contributed by atoms with Gasteiger partial charge in [-0.2, -0.15) is 0 Å². The van der Waals surface area contributed by atoms with Crippen molar-refractivity contribution in [1.29, 1.82) is 0 Å². The van der Waals surface area contributed by atoms with E-state index < -0.39 is 58.8 Å². The van der Waals surface area contributed by atoms with Gasteiger partial charge in [0.15, 0.2) is 11.4 Å². The van der Waals surface area contributed by atoms with Crippen LogP contribution in [0.5, 0.6) is 0 Å². The number of allylic oxidation sites excluding steroid dienone is 4. The topological polar surface area (TPSA) is 127 Å². The summed E-state index contributed by atoms with van der Waals surface area (Å²) in [6.07, 6.45) is 7.03. The van der Waals surface area contributed by atoms with Crippen molar-refractivity contribution in [3.8, 4) is 0 Å². The van der Waals surface area contributed by atoms with E-state index in [1.807, 2.05) is 19.9 Å². The molecule has 3 fully saturated rings. The highest BCUT2D eigenvalue weighted by Gasteiger charge is 2.76. The highest BCUT2D eigenvalue weighted by Crippen LogP contribution is 2.73. The molecule has 0 radical (unpaired) electrons. The van der Waals surface area contributed by atoms with Gasteiger partial charge in [0.1, 0.15) is 6.61 Å². The maximum Gasteiger partial charge on any atom is 0.470 e. The van der Waals surface area contributed by atoms with E-state index >= 15 is 0 Å². The predicted octanol–water partition coefficient (Wildman–Crippen LogP) is 4.10. The van der Waals surface area contributed by atoms with Gasteiger partial charge < -0.3 is 14.5 Å². The van der Waals surface area contributed by atoms with E-state index in [2.05, 4.69) is 4.52 Å². The highest BCUT2D eigenvalue weighted by atomic mass is 35.5. The Bertz CT molecular complexity index is 1080. The van der Waals surface area contributed by atoms with Crippen molar-refractivity contribution < 1.29 is 38.0 Å². The fourth-order valence-corrected chi connectivity index (χ4v) is 9.33. The fraction of sp³-hybridized carbons (Fsp3) is 0.708. The Morgan fingerprint density at radius 1 is 1.26 bits per heavy atom. The van der Waals surface area contributed by atoms with Crippen molar-refractivity contribution in [2.24, 2.45) is 28.6 Å². The number of phosphoric ester groups is 1. The number of hydrogen-bond donors (Lipinski definition) is 2. The van der Waals surface area contributed by atoms with Gasteiger partial charge in [-0.25, -0.2) is 4.57 Å². The molecule has 0 aromatic heterocycles. The number of esters is 1. The number of carbonyl (C=O) groups is 3. The molecule has 0 aliphatic heterocycles. The van der Waals surface area contributed by atoms with Gasteiger partial charge in [-0.15, -0.1) is 23.2 Å². The van der Waals surface area contributed by atoms with Crippen LogP contribution in [0.15, 0.2) is 23.8 Å². The van der Waals surface area contributed by atoms with Gasteiger partial charge in [-0.05, 0) is 49.7 Å². The third-order valence-corrected chi connectivity index (χ3v) is 11.2. The molecule has 11 heteroatoms. The Labute approximate surface area is 214 Å². The molecule has 3 saturated carbocycles. The molecule has 2 N–H and O–H groups in total. The molecule has 4 rings (SSSR count). The zero-order chi connectivity index (χ0) is 26.2. The van der Waals surface area contributed by atoms with Crippen molar-refractivity contribution in [2.45, 2.75) is 69.2 Å². The molecule has 0 aromatic rings. The van der Waals surface area contributed by atoms with E-state index in [4.69, 9.17) is 27.9 Å². The lowest BCUT2D eigenvalue weighted by atomic mass is 9.46. The Balaban J connectivity index is 1.81. The monoisotopic (exact) mass is 548 g/mol. The molecule has 4 aliphatic rings. The zero-order valence-corrected chi connectivity index (χ0v) is 22.5. The summed E-state index contributed by atoms with van der Waals surface area (Å²) in [5, 5.41) is -0.655. The Kier molecular flexibility index (Phi) is 6.57. The number of phosphoric acid groups is 1. The average Bonchev–Trinajstić information content (AvgIpc) is 2.95. The maximum absolute atomic E-state index is 13.6. The van der Waals surface area contributed by atoms with E-state index in [1.54, 1.807) is 13.0 Å². The number of ketones is 2. The number of alkyl halides is 2. The summed E-state index contributed by atoms with van der Waals surface area (Å²) in [5.74, 6) is -2.27. The molecule has 8 nitrogen and oxygen atoms in total. The molecule has 0 unspecified atom stereocenters. The third kappa shape index (κ3) is 3.74. The first-order valence-electron chi connectivity index (χ1n) is 11.7. The van der Waals surface area contributed by atoms with Crippen LogP contribution in [0.1, 0.15) is 53.4 Å². The van der Waals surface area contributed by atoms with Crippen molar-refractivity contribution in [3.05, 3.63) is 23.8 Å². The van der Waals surface area contributed by atoms with Crippen LogP contribution >= 0.6 is 31.0 Å². The summed E-state index contributed by atoms with van der Waals surface area (Å²) >= 11 is 14.6. The summed E-state index contributed by atoms with van der Waals surface area (Å²) in [6.45, 7) is 5.96. The van der Waals surface area contributed by atoms with Gasteiger partial charge in [0.2, 0.25) is 5.78 Å². The molecule has 0 saturated heterocycles. The lowest BCUT2D eigenvalue weighted by molar-refractivity contribution is -0.193. The number of Topliss-reactive ketones (excluding diaryl/α,β-unsaturated/α-hetero) is 1. The smallest absolute Gasteiger partial charge is 0.450 e. The maximum atomic E-state index is 13.6. The van der Waals surface area contributed by atoms with Gasteiger partial charge in [-0.3, -0.25) is 18.9 Å². The largest absolute Gasteiger partial charge is 0.470 e. The van der Waals surface area contributed by atoms with E-state index in [0.29, 0.717) is 19.3 Å². The molecule has 0 heterocycles. The lowest BCUT2D eigenvalue weighted by Gasteiger charge is -2.64. The van der Waals surface area contributed by atoms with E-state index in [9.17, 15) is 28.7 Å². The minimum Gasteiger partial charge on any atom is -0.450 e. The van der Waals surface area contributed by atoms with Crippen LogP contribution in [0.2, 0.25) is 0 Å². The standard InChI is InChI=1S/C24H31Cl2O8P/c1-13-9-18-17-6-5-15-10-16(28)7-8-21(15,3)23(17,26)19(25)11-22(18,4)24(13,34-14(2)27)20(29)12-33-35(30,31)32/h7-8,10,13,17-19H,5-6,9,11-12H2,1-4H3,(H2,30,31,32)/t13-,17+,18+,19+,21+,22+,23+,24+/m1/s1. The Hall–Kier alpha value is -1.02. The van der Waals surface area contributed by atoms with Crippen molar-refractivity contribution in [3.63, 3.8) is 0 Å². The SMILES string of the molecule is CC(=O)O[C@]1(C(=O)COP(=O)(O)O)[C@H](C)C[C@H]2[C@@H]3CCC4=CC(=O)C=C[C@]4(C)[C@@]3(Cl)[C@@H](Cl)C[C@@]21C. The second kappa shape index (κ2) is 8.50. The number of fused-ring (bicyclic) bond motifs is 5. The highest BCUT2D eigenvalue weighted by molar-refractivity contribution is 7.46. The van der Waals surface area contributed by atoms with Crippen LogP contribution in [0.25, 0.3) is 0 Å². The summed E-state index contributed by atoms with van der Waals surface area (Å²) in [7, 11) is -4.93. The first-order valence-corrected chi connectivity index (χ1v) is 14.1. The molecule has 0 spiro atoms. The third-order valence-electron chi connectivity index (χ3n) is 9.22. The minimum absolute atomic E-state index is 0.0815. The molecule has 0 aromatic carbocycles. The van der Waals surface area contributed by atoms with Crippen LogP contribution < -0.4 is 0 Å². The molecule has 0 amide bonds. The number of carbonyl (C=O) groups excluding carboxylic acids is 3. The first kappa shape index (κ1) is 27.0. The summed E-state index contributed by atoms with van der Waals surface area (Å²) in [5.41, 5.74) is -2.36. The zero-order valence-electron chi connectivity index (χ0n) is 20.1. The van der Waals surface area contributed by atoms with Crippen LogP contribution in [0.4, 0.5) is 0 Å². The van der Waals surface area contributed by atoms with Crippen LogP contribution in [0, 0.1) is 28.6 Å². The molecule has 8 atom stereocenters. The summed E-state index contributed by atoms with van der Waals surface area (Å²) in [4.78, 5) is 55.4. The van der Waals surface area contributed by atoms with Gasteiger partial charge in [0.25, 0.3) is 0 Å². The second-order valence-corrected chi connectivity index (χ2v) is 13.3. The van der Waals surface area contributed by atoms with Crippen LogP contribution in [-0.2, 0) is 28.2 Å². The quantitative estimate of drug-likeness (QED) is 0.298. The Morgan fingerprint density at radius 2 is 1.91 bits per heavy atom. The predicted molar refractivity (Wildman–Crippen MR) is 129 cm³/mol. The summed E-state index contributed by atoms with van der Waals surface area (Å²) < 4.78 is 21.7. The minimum atomic E-state index is -4.93. The number of rotatable bonds is 5. The van der Waals surface area contributed by atoms with E-state index in [-0.39, 0.29) is 24.0 Å². The normalized spacial score (nSPS) is 44.7. The number of halogens is 2. The van der Waals surface area contributed by atoms with Gasteiger partial charge in [0.05, 0.1) is 10.3 Å². The van der Waals surface area contributed by atoms with Gasteiger partial charge in [0, 0.05) is 23.7 Å². The molecule has 35 heavy (non-hydrogen) atoms. The van der Waals surface area contributed by atoms with Gasteiger partial charge >= 0.3 is 13.8 Å². The first-order chi connectivity index (χ1) is 16.0. The average molecular weight is 549 g/mol. The lowest BCUT2D eigenvalue weighted by Crippen LogP contribution is -2.68. The number of hydrogen-bond acceptors (Lipinski definition) is 6. The fourth-order valence-electron chi connectivity index (χ4n) is 7.81. The number of ether oxygens (including phenoxy) is 1. The van der Waals surface area contributed by atoms with Crippen LogP contribution in [0.3, 0.4) is 0 Å². The molecule has 0 bridgehead atoms. The van der Waals surface area contributed by atoms with Gasteiger partial charge in [-0.1, -0.05) is 32.4 Å². The Morgan fingerprint density at radius 3 is 2.51 bits per heavy atom. The molecule has 194 valence electrons. The van der Waals surface area contributed by atoms with E-state index in [0.717, 1.165) is 5.57 Å². The summed E-state index contributed by atoms with van der Waals surface area (Å²) in [6, 6.07) is 0. The van der Waals surface area contributed by atoms with Crippen molar-refractivity contribution in [1.82, 2.24) is 0 Å². The molecular formula is C24H31Cl2O8P. The van der Waals surface area contributed by atoms with Crippen molar-refractivity contribution >= 4 is 48.6 Å².